The maximum absolute atomic E-state index is 6.03. The molecule has 2 nitrogen and oxygen atoms in total. The highest BCUT2D eigenvalue weighted by atomic mass is 79.9. The van der Waals surface area contributed by atoms with Crippen molar-refractivity contribution >= 4 is 27.5 Å². The molecule has 86 valence electrons. The van der Waals surface area contributed by atoms with Crippen molar-refractivity contribution in [2.24, 2.45) is 0 Å². The number of aromatic nitrogens is 2. The predicted molar refractivity (Wildman–Crippen MR) is 68.7 cm³/mol. The third-order valence-corrected chi connectivity index (χ3v) is 3.21. The van der Waals surface area contributed by atoms with Crippen molar-refractivity contribution in [2.45, 2.75) is 51.5 Å². The summed E-state index contributed by atoms with van der Waals surface area (Å²) in [5.41, 5.74) is 1.25. The van der Waals surface area contributed by atoms with Crippen LogP contribution in [-0.2, 0) is 0 Å². The smallest absolute Gasteiger partial charge is 0.0635 e. The van der Waals surface area contributed by atoms with Gasteiger partial charge in [-0.1, -0.05) is 6.92 Å². The molecule has 0 saturated carbocycles. The summed E-state index contributed by atoms with van der Waals surface area (Å²) in [7, 11) is 0. The molecule has 1 aromatic rings. The summed E-state index contributed by atoms with van der Waals surface area (Å²) in [4.78, 5) is 0. The van der Waals surface area contributed by atoms with Crippen LogP contribution in [0, 0.1) is 0 Å². The number of nitrogens with zero attached hydrogens (tertiary/aromatic N) is 2. The lowest BCUT2D eigenvalue weighted by molar-refractivity contribution is 0.481. The third kappa shape index (κ3) is 3.22. The molecular weight excluding hydrogens is 275 g/mol. The molecule has 0 fully saturated rings. The van der Waals surface area contributed by atoms with E-state index >= 15 is 0 Å². The molecule has 0 spiro atoms. The van der Waals surface area contributed by atoms with E-state index in [-0.39, 0.29) is 5.38 Å². The van der Waals surface area contributed by atoms with Gasteiger partial charge in [-0.3, -0.25) is 4.68 Å². The maximum atomic E-state index is 6.03. The van der Waals surface area contributed by atoms with Gasteiger partial charge in [-0.05, 0) is 43.1 Å². The van der Waals surface area contributed by atoms with Crippen molar-refractivity contribution in [1.29, 1.82) is 0 Å². The van der Waals surface area contributed by atoms with E-state index in [0.29, 0.717) is 12.0 Å². The first kappa shape index (κ1) is 13.0. The quantitative estimate of drug-likeness (QED) is 0.755. The van der Waals surface area contributed by atoms with Gasteiger partial charge < -0.3 is 0 Å². The van der Waals surface area contributed by atoms with Crippen molar-refractivity contribution < 1.29 is 0 Å². The van der Waals surface area contributed by atoms with Crippen LogP contribution in [-0.4, -0.2) is 15.2 Å². The summed E-state index contributed by atoms with van der Waals surface area (Å²) in [5.74, 6) is 0.428. The lowest BCUT2D eigenvalue weighted by Crippen LogP contribution is -2.12. The molecule has 4 heteroatoms. The lowest BCUT2D eigenvalue weighted by atomic mass is 10.0. The Bertz CT molecular complexity index is 320. The first-order valence-corrected chi connectivity index (χ1v) is 6.53. The highest BCUT2D eigenvalue weighted by molar-refractivity contribution is 9.10. The Labute approximate surface area is 105 Å². The van der Waals surface area contributed by atoms with Crippen LogP contribution in [0.2, 0.25) is 0 Å². The monoisotopic (exact) mass is 292 g/mol. The van der Waals surface area contributed by atoms with Gasteiger partial charge in [0.1, 0.15) is 0 Å². The van der Waals surface area contributed by atoms with Crippen molar-refractivity contribution in [3.63, 3.8) is 0 Å². The molecule has 0 saturated heterocycles. The zero-order valence-corrected chi connectivity index (χ0v) is 12.0. The highest BCUT2D eigenvalue weighted by Gasteiger charge is 2.18. The van der Waals surface area contributed by atoms with Crippen LogP contribution in [0.4, 0.5) is 0 Å². The van der Waals surface area contributed by atoms with Gasteiger partial charge in [-0.15, -0.1) is 11.6 Å². The summed E-state index contributed by atoms with van der Waals surface area (Å²) >= 11 is 9.58. The Kier molecular flexibility index (Phi) is 4.65. The zero-order chi connectivity index (χ0) is 11.6. The second-order valence-corrected chi connectivity index (χ2v) is 5.93. The van der Waals surface area contributed by atoms with Gasteiger partial charge in [0.05, 0.1) is 16.4 Å². The van der Waals surface area contributed by atoms with E-state index in [1.807, 2.05) is 13.1 Å². The van der Waals surface area contributed by atoms with Gasteiger partial charge >= 0.3 is 0 Å². The van der Waals surface area contributed by atoms with E-state index in [2.05, 4.69) is 46.5 Å². The number of rotatable bonds is 4. The van der Waals surface area contributed by atoms with Crippen LogP contribution in [0.5, 0.6) is 0 Å². The van der Waals surface area contributed by atoms with Gasteiger partial charge in [0.25, 0.3) is 0 Å². The van der Waals surface area contributed by atoms with Crippen molar-refractivity contribution in [3.05, 3.63) is 16.4 Å². The van der Waals surface area contributed by atoms with Gasteiger partial charge in [0.2, 0.25) is 0 Å². The molecular formula is C11H18BrClN2. The summed E-state index contributed by atoms with van der Waals surface area (Å²) in [6.45, 7) is 8.50. The van der Waals surface area contributed by atoms with E-state index in [9.17, 15) is 0 Å². The molecule has 0 aliphatic rings. The van der Waals surface area contributed by atoms with Crippen molar-refractivity contribution in [1.82, 2.24) is 9.78 Å². The Hall–Kier alpha value is -0.0200. The first-order chi connectivity index (χ1) is 6.93. The normalized spacial score (nSPS) is 15.7. The van der Waals surface area contributed by atoms with Crippen LogP contribution in [0.15, 0.2) is 10.7 Å². The molecule has 2 unspecified atom stereocenters. The molecule has 2 atom stereocenters. The van der Waals surface area contributed by atoms with Crippen molar-refractivity contribution in [2.75, 3.05) is 0 Å². The topological polar surface area (TPSA) is 17.8 Å². The molecule has 1 heterocycles. The molecule has 0 radical (unpaired) electrons. The summed E-state index contributed by atoms with van der Waals surface area (Å²) in [6.07, 6.45) is 2.84. The average molecular weight is 294 g/mol. The summed E-state index contributed by atoms with van der Waals surface area (Å²) < 4.78 is 3.15. The number of halogens is 2. The lowest BCUT2D eigenvalue weighted by Gasteiger charge is -2.18. The predicted octanol–water partition coefficient (Wildman–Crippen LogP) is 4.35. The van der Waals surface area contributed by atoms with Gasteiger partial charge in [0.15, 0.2) is 0 Å². The van der Waals surface area contributed by atoms with E-state index in [0.717, 1.165) is 10.9 Å². The largest absolute Gasteiger partial charge is 0.266 e. The fourth-order valence-corrected chi connectivity index (χ4v) is 2.75. The molecule has 0 aliphatic heterocycles. The number of hydrogen-bond acceptors (Lipinski definition) is 1. The van der Waals surface area contributed by atoms with Crippen LogP contribution in [0.1, 0.15) is 51.8 Å². The molecule has 0 aliphatic carbocycles. The Morgan fingerprint density at radius 3 is 2.47 bits per heavy atom. The fraction of sp³-hybridized carbons (Fsp3) is 0.727. The molecule has 0 aromatic carbocycles. The Balaban J connectivity index is 2.95. The van der Waals surface area contributed by atoms with Gasteiger partial charge in [-0.2, -0.15) is 5.10 Å². The maximum Gasteiger partial charge on any atom is 0.0635 e. The summed E-state index contributed by atoms with van der Waals surface area (Å²) in [6, 6.07) is 0.388. The Morgan fingerprint density at radius 2 is 2.00 bits per heavy atom. The zero-order valence-electron chi connectivity index (χ0n) is 9.67. The second kappa shape index (κ2) is 5.35. The van der Waals surface area contributed by atoms with Crippen LogP contribution in [0.25, 0.3) is 0 Å². The molecule has 15 heavy (non-hydrogen) atoms. The van der Waals surface area contributed by atoms with Gasteiger partial charge in [0, 0.05) is 17.3 Å². The minimum Gasteiger partial charge on any atom is -0.266 e. The van der Waals surface area contributed by atoms with E-state index in [1.165, 1.54) is 5.69 Å². The van der Waals surface area contributed by atoms with Crippen LogP contribution < -0.4 is 0 Å². The Morgan fingerprint density at radius 1 is 1.40 bits per heavy atom. The second-order valence-electron chi connectivity index (χ2n) is 4.33. The fourth-order valence-electron chi connectivity index (χ4n) is 1.82. The standard InChI is InChI=1S/C11H18BrClN2/c1-7(2)15-11(10(12)6-14-15)8(3)5-9(4)13/h6-9H,5H2,1-4H3. The molecule has 1 rings (SSSR count). The highest BCUT2D eigenvalue weighted by Crippen LogP contribution is 2.30. The number of hydrogen-bond donors (Lipinski definition) is 0. The number of alkyl halides is 1. The van der Waals surface area contributed by atoms with E-state index in [1.54, 1.807) is 0 Å². The van der Waals surface area contributed by atoms with E-state index < -0.39 is 0 Å². The minimum atomic E-state index is 0.197. The van der Waals surface area contributed by atoms with Crippen LogP contribution in [0.3, 0.4) is 0 Å². The molecule has 0 bridgehead atoms. The average Bonchev–Trinajstić information content (AvgIpc) is 2.45. The SMILES string of the molecule is CC(Cl)CC(C)c1c(Br)cnn1C(C)C. The van der Waals surface area contributed by atoms with Gasteiger partial charge in [-0.25, -0.2) is 0 Å². The van der Waals surface area contributed by atoms with E-state index in [4.69, 9.17) is 11.6 Å². The third-order valence-electron chi connectivity index (χ3n) is 2.42. The van der Waals surface area contributed by atoms with Crippen molar-refractivity contribution in [3.8, 4) is 0 Å². The molecule has 0 N–H and O–H groups in total. The molecule has 0 amide bonds. The van der Waals surface area contributed by atoms with Crippen LogP contribution >= 0.6 is 27.5 Å². The summed E-state index contributed by atoms with van der Waals surface area (Å²) in [5, 5.41) is 4.57. The first-order valence-electron chi connectivity index (χ1n) is 5.30. The minimum absolute atomic E-state index is 0.197. The molecule has 1 aromatic heterocycles.